The summed E-state index contributed by atoms with van der Waals surface area (Å²) in [6.45, 7) is 6.63. The summed E-state index contributed by atoms with van der Waals surface area (Å²) in [4.78, 5) is 12.7. The zero-order valence-corrected chi connectivity index (χ0v) is 15.6. The van der Waals surface area contributed by atoms with Gasteiger partial charge in [0, 0.05) is 35.5 Å². The van der Waals surface area contributed by atoms with Crippen molar-refractivity contribution in [2.45, 2.75) is 57.0 Å². The highest BCUT2D eigenvalue weighted by molar-refractivity contribution is 6.04. The van der Waals surface area contributed by atoms with E-state index in [1.54, 1.807) is 26.0 Å². The van der Waals surface area contributed by atoms with E-state index in [2.05, 4.69) is 0 Å². The first-order valence-corrected chi connectivity index (χ1v) is 9.27. The molecule has 0 radical (unpaired) electrons. The second-order valence-electron chi connectivity index (χ2n) is 9.41. The van der Waals surface area contributed by atoms with E-state index in [-0.39, 0.29) is 13.0 Å². The smallest absolute Gasteiger partial charge is 0.190 e. The Morgan fingerprint density at radius 2 is 1.81 bits per heavy atom. The molecule has 5 N–H and O–H groups in total. The van der Waals surface area contributed by atoms with Gasteiger partial charge in [-0.2, -0.15) is 0 Å². The monoisotopic (exact) mass is 364 g/mol. The Morgan fingerprint density at radius 3 is 2.38 bits per heavy atom. The number of fused-ring (bicyclic) bond motifs is 5. The molecular weight excluding hydrogens is 336 g/mol. The molecule has 4 aliphatic carbocycles. The molecule has 4 rings (SSSR count). The first-order chi connectivity index (χ1) is 11.9. The maximum Gasteiger partial charge on any atom is 0.190 e. The topological polar surface area (TPSA) is 118 Å². The third kappa shape index (κ3) is 1.69. The number of ketones is 1. The quantitative estimate of drug-likeness (QED) is 0.416. The maximum atomic E-state index is 12.7. The number of hydrogen-bond donors (Lipinski definition) is 5. The number of carbonyl (C=O) groups is 1. The average Bonchev–Trinajstić information content (AvgIpc) is 2.97. The lowest BCUT2D eigenvalue weighted by Gasteiger charge is -2.51. The molecule has 0 unspecified atom stereocenters. The van der Waals surface area contributed by atoms with Gasteiger partial charge in [0.2, 0.25) is 0 Å². The first kappa shape index (κ1) is 18.3. The molecule has 0 amide bonds. The van der Waals surface area contributed by atoms with Crippen molar-refractivity contribution in [3.8, 4) is 0 Å². The van der Waals surface area contributed by atoms with Crippen LogP contribution in [0.15, 0.2) is 23.3 Å². The Balaban J connectivity index is 1.96. The Morgan fingerprint density at radius 1 is 1.19 bits per heavy atom. The van der Waals surface area contributed by atoms with Gasteiger partial charge in [0.15, 0.2) is 5.78 Å². The molecule has 0 saturated heterocycles. The lowest BCUT2D eigenvalue weighted by atomic mass is 9.59. The highest BCUT2D eigenvalue weighted by Gasteiger charge is 2.84. The standard InChI is InChI=1S/C20H28O6/c1-9-5-13-18(24,15(9)22)7-11(8-21)6-12-14-17(3,4)20(14,26)16(23)10(2)19(12,13)25/h5-6,10,12-14,16,21,23-26H,7-8H2,1-4H3/t10-,12+,13-,14+,16-,18-,19-,20-/m1/s1. The van der Waals surface area contributed by atoms with Gasteiger partial charge in [0.1, 0.15) is 11.2 Å². The van der Waals surface area contributed by atoms with Gasteiger partial charge in [-0.05, 0) is 18.1 Å². The molecule has 144 valence electrons. The van der Waals surface area contributed by atoms with Crippen LogP contribution in [0.5, 0.6) is 0 Å². The Bertz CT molecular complexity index is 753. The van der Waals surface area contributed by atoms with Crippen LogP contribution in [-0.2, 0) is 4.79 Å². The van der Waals surface area contributed by atoms with Crippen LogP contribution in [0.25, 0.3) is 0 Å². The van der Waals surface area contributed by atoms with Crippen LogP contribution in [0.3, 0.4) is 0 Å². The highest BCUT2D eigenvalue weighted by atomic mass is 16.4. The predicted molar refractivity (Wildman–Crippen MR) is 92.8 cm³/mol. The van der Waals surface area contributed by atoms with Crippen LogP contribution in [0.1, 0.15) is 34.1 Å². The fourth-order valence-electron chi connectivity index (χ4n) is 6.45. The first-order valence-electron chi connectivity index (χ1n) is 9.27. The number of carbonyl (C=O) groups excluding carboxylic acids is 1. The number of aliphatic hydroxyl groups is 5. The lowest BCUT2D eigenvalue weighted by Crippen LogP contribution is -2.65. The zero-order valence-electron chi connectivity index (χ0n) is 15.6. The molecular formula is C20H28O6. The van der Waals surface area contributed by atoms with Gasteiger partial charge in [-0.1, -0.05) is 32.9 Å². The molecule has 0 bridgehead atoms. The largest absolute Gasteiger partial charge is 0.392 e. The molecule has 26 heavy (non-hydrogen) atoms. The van der Waals surface area contributed by atoms with Gasteiger partial charge in [-0.3, -0.25) is 4.79 Å². The molecule has 6 nitrogen and oxygen atoms in total. The van der Waals surface area contributed by atoms with Crippen LogP contribution in [0.4, 0.5) is 0 Å². The summed E-state index contributed by atoms with van der Waals surface area (Å²) in [5.74, 6) is -3.14. The Labute approximate surface area is 152 Å². The fourth-order valence-corrected chi connectivity index (χ4v) is 6.45. The highest BCUT2D eigenvalue weighted by Crippen LogP contribution is 2.74. The normalized spacial score (nSPS) is 54.5. The van der Waals surface area contributed by atoms with Crippen LogP contribution >= 0.6 is 0 Å². The second-order valence-corrected chi connectivity index (χ2v) is 9.41. The average molecular weight is 364 g/mol. The van der Waals surface area contributed by atoms with Gasteiger partial charge in [0.25, 0.3) is 0 Å². The third-order valence-electron chi connectivity index (χ3n) is 8.04. The van der Waals surface area contributed by atoms with Crippen LogP contribution in [0.2, 0.25) is 0 Å². The second kappa shape index (κ2) is 4.86. The van der Waals surface area contributed by atoms with E-state index >= 15 is 0 Å². The molecule has 4 aliphatic rings. The molecule has 0 aromatic carbocycles. The van der Waals surface area contributed by atoms with Crippen molar-refractivity contribution in [3.05, 3.63) is 23.3 Å². The number of aliphatic hydroxyl groups excluding tert-OH is 2. The van der Waals surface area contributed by atoms with Crippen LogP contribution in [0, 0.1) is 29.1 Å². The van der Waals surface area contributed by atoms with E-state index in [0.29, 0.717) is 11.1 Å². The molecule has 0 spiro atoms. The Hall–Kier alpha value is -1.05. The molecule has 0 aromatic heterocycles. The summed E-state index contributed by atoms with van der Waals surface area (Å²) in [7, 11) is 0. The van der Waals surface area contributed by atoms with E-state index < -0.39 is 57.8 Å². The third-order valence-corrected chi connectivity index (χ3v) is 8.04. The van der Waals surface area contributed by atoms with Crippen molar-refractivity contribution in [3.63, 3.8) is 0 Å². The fraction of sp³-hybridized carbons (Fsp3) is 0.750. The summed E-state index contributed by atoms with van der Waals surface area (Å²) in [5.41, 5.74) is -4.57. The number of rotatable bonds is 1. The SMILES string of the molecule is CC1=C[C@H]2[C@@]3(O)[C@H](C)[C@@H](O)[C@]4(O)[C@@H]([C@@H]3C=C(CO)C[C@]2(O)C1=O)C4(C)C. The van der Waals surface area contributed by atoms with Crippen molar-refractivity contribution in [1.82, 2.24) is 0 Å². The van der Waals surface area contributed by atoms with E-state index in [1.165, 1.54) is 0 Å². The molecule has 0 aromatic rings. The zero-order chi connectivity index (χ0) is 19.4. The molecule has 0 heterocycles. The number of hydrogen-bond acceptors (Lipinski definition) is 6. The van der Waals surface area contributed by atoms with Gasteiger partial charge < -0.3 is 25.5 Å². The number of Topliss-reactive ketones (excluding diaryl/α,β-unsaturated/α-hetero) is 1. The van der Waals surface area contributed by atoms with Crippen molar-refractivity contribution in [2.75, 3.05) is 6.61 Å². The van der Waals surface area contributed by atoms with Crippen LogP contribution < -0.4 is 0 Å². The summed E-state index contributed by atoms with van der Waals surface area (Å²) in [5, 5.41) is 54.9. The van der Waals surface area contributed by atoms with Gasteiger partial charge >= 0.3 is 0 Å². The van der Waals surface area contributed by atoms with E-state index in [1.807, 2.05) is 13.8 Å². The maximum absolute atomic E-state index is 12.7. The summed E-state index contributed by atoms with van der Waals surface area (Å²) in [6.07, 6.45) is 2.08. The van der Waals surface area contributed by atoms with Gasteiger partial charge in [-0.25, -0.2) is 0 Å². The van der Waals surface area contributed by atoms with Crippen LogP contribution in [-0.4, -0.2) is 60.8 Å². The minimum atomic E-state index is -1.84. The van der Waals surface area contributed by atoms with Gasteiger partial charge in [0.05, 0.1) is 18.3 Å². The van der Waals surface area contributed by atoms with Crippen molar-refractivity contribution in [1.29, 1.82) is 0 Å². The molecule has 2 saturated carbocycles. The Kier molecular flexibility index (Phi) is 3.42. The van der Waals surface area contributed by atoms with Crippen molar-refractivity contribution >= 4 is 5.78 Å². The van der Waals surface area contributed by atoms with E-state index in [9.17, 15) is 30.3 Å². The summed E-state index contributed by atoms with van der Waals surface area (Å²) < 4.78 is 0. The van der Waals surface area contributed by atoms with Gasteiger partial charge in [-0.15, -0.1) is 0 Å². The van der Waals surface area contributed by atoms with Crippen molar-refractivity contribution in [2.24, 2.45) is 29.1 Å². The molecule has 0 aliphatic heterocycles. The van der Waals surface area contributed by atoms with Crippen molar-refractivity contribution < 1.29 is 30.3 Å². The minimum Gasteiger partial charge on any atom is -0.392 e. The summed E-state index contributed by atoms with van der Waals surface area (Å²) >= 11 is 0. The minimum absolute atomic E-state index is 0.0615. The van der Waals surface area contributed by atoms with E-state index in [4.69, 9.17) is 0 Å². The predicted octanol–water partition coefficient (Wildman–Crippen LogP) is -0.0699. The molecule has 6 heteroatoms. The molecule has 8 atom stereocenters. The lowest BCUT2D eigenvalue weighted by molar-refractivity contribution is -0.209. The molecule has 2 fully saturated rings. The summed E-state index contributed by atoms with van der Waals surface area (Å²) in [6, 6.07) is 0. The van der Waals surface area contributed by atoms with E-state index in [0.717, 1.165) is 0 Å².